The molecule has 124 valence electrons. The van der Waals surface area contributed by atoms with E-state index in [1.54, 1.807) is 48.5 Å². The van der Waals surface area contributed by atoms with Gasteiger partial charge < -0.3 is 4.74 Å². The normalized spacial score (nSPS) is 14.2. The Labute approximate surface area is 141 Å². The minimum atomic E-state index is -3.89. The fraction of sp³-hybridized carbons (Fsp3) is 0.167. The van der Waals surface area contributed by atoms with Gasteiger partial charge in [0.15, 0.2) is 5.78 Å². The highest BCUT2D eigenvalue weighted by molar-refractivity contribution is 7.92. The van der Waals surface area contributed by atoms with Crippen LogP contribution in [0.15, 0.2) is 53.4 Å². The van der Waals surface area contributed by atoms with E-state index in [4.69, 9.17) is 4.74 Å². The summed E-state index contributed by atoms with van der Waals surface area (Å²) >= 11 is 0. The van der Waals surface area contributed by atoms with Gasteiger partial charge in [-0.1, -0.05) is 29.8 Å². The molecule has 0 spiro atoms. The van der Waals surface area contributed by atoms with Crippen LogP contribution >= 0.6 is 0 Å². The molecule has 2 aromatic rings. The van der Waals surface area contributed by atoms with Crippen LogP contribution in [0.1, 0.15) is 11.1 Å². The van der Waals surface area contributed by atoms with E-state index in [-0.39, 0.29) is 17.2 Å². The number of aryl methyl sites for hydroxylation is 1. The van der Waals surface area contributed by atoms with Crippen LogP contribution in [0.25, 0.3) is 6.08 Å². The Morgan fingerprint density at radius 1 is 1.04 bits per heavy atom. The minimum absolute atomic E-state index is 0.139. The number of rotatable bonds is 3. The van der Waals surface area contributed by atoms with Gasteiger partial charge in [-0.05, 0) is 37.3 Å². The summed E-state index contributed by atoms with van der Waals surface area (Å²) in [4.78, 5) is 12.2. The molecule has 0 amide bonds. The largest absolute Gasteiger partial charge is 0.495 e. The molecule has 3 rings (SSSR count). The van der Waals surface area contributed by atoms with Crippen molar-refractivity contribution in [1.82, 2.24) is 0 Å². The molecule has 2 aromatic carbocycles. The van der Waals surface area contributed by atoms with Gasteiger partial charge in [0.05, 0.1) is 18.6 Å². The van der Waals surface area contributed by atoms with E-state index in [0.29, 0.717) is 17.0 Å². The van der Waals surface area contributed by atoms with Gasteiger partial charge in [0.25, 0.3) is 10.0 Å². The molecule has 24 heavy (non-hydrogen) atoms. The second-order valence-electron chi connectivity index (χ2n) is 5.52. The number of nitrogens with zero attached hydrogens (tertiary/aromatic N) is 1. The number of hydrogen-bond donors (Lipinski definition) is 0. The predicted octanol–water partition coefficient (Wildman–Crippen LogP) is 2.79. The lowest BCUT2D eigenvalue weighted by atomic mass is 10.1. The molecule has 5 nitrogen and oxygen atoms in total. The number of carbonyl (C=O) groups is 1. The quantitative estimate of drug-likeness (QED) is 0.860. The molecule has 1 heterocycles. The number of para-hydroxylation sites is 1. The van der Waals surface area contributed by atoms with E-state index in [2.05, 4.69) is 0 Å². The number of anilines is 1. The van der Waals surface area contributed by atoms with E-state index in [0.717, 1.165) is 9.87 Å². The zero-order valence-electron chi connectivity index (χ0n) is 13.4. The summed E-state index contributed by atoms with van der Waals surface area (Å²) in [6, 6.07) is 11.7. The van der Waals surface area contributed by atoms with E-state index < -0.39 is 10.0 Å². The van der Waals surface area contributed by atoms with E-state index in [1.165, 1.54) is 13.2 Å². The molecular formula is C18H17NO4S. The van der Waals surface area contributed by atoms with Crippen molar-refractivity contribution in [3.8, 4) is 5.75 Å². The standard InChI is InChI=1S/C18H17NO4S/c1-13-6-10-16(11-7-13)24(21,22)19-12-15(20)9-8-14-4-3-5-17(23-2)18(14)19/h3-11H,12H2,1-2H3. The third-order valence-corrected chi connectivity index (χ3v) is 5.62. The first-order valence-corrected chi connectivity index (χ1v) is 8.85. The second kappa shape index (κ2) is 6.13. The summed E-state index contributed by atoms with van der Waals surface area (Å²) in [6.45, 7) is 1.62. The fourth-order valence-electron chi connectivity index (χ4n) is 2.60. The summed E-state index contributed by atoms with van der Waals surface area (Å²) in [5.74, 6) is 0.117. The molecule has 0 N–H and O–H groups in total. The van der Waals surface area contributed by atoms with Crippen molar-refractivity contribution >= 4 is 27.6 Å². The number of benzene rings is 2. The molecule has 1 aliphatic rings. The molecule has 1 aliphatic heterocycles. The van der Waals surface area contributed by atoms with Crippen molar-refractivity contribution in [3.05, 3.63) is 59.7 Å². The molecule has 0 bridgehead atoms. The predicted molar refractivity (Wildman–Crippen MR) is 92.7 cm³/mol. The Bertz CT molecular complexity index is 915. The van der Waals surface area contributed by atoms with E-state index >= 15 is 0 Å². The van der Waals surface area contributed by atoms with Crippen LogP contribution in [0.3, 0.4) is 0 Å². The van der Waals surface area contributed by atoms with Crippen LogP contribution in [-0.4, -0.2) is 27.9 Å². The number of ketones is 1. The summed E-state index contributed by atoms with van der Waals surface area (Å²) in [7, 11) is -2.41. The van der Waals surface area contributed by atoms with Crippen LogP contribution in [-0.2, 0) is 14.8 Å². The summed E-state index contributed by atoms with van der Waals surface area (Å²) < 4.78 is 32.7. The van der Waals surface area contributed by atoms with E-state index in [1.807, 2.05) is 6.92 Å². The summed E-state index contributed by atoms with van der Waals surface area (Å²) in [6.07, 6.45) is 3.01. The zero-order valence-corrected chi connectivity index (χ0v) is 14.2. The second-order valence-corrected chi connectivity index (χ2v) is 7.38. The number of fused-ring (bicyclic) bond motifs is 1. The maximum absolute atomic E-state index is 13.1. The maximum Gasteiger partial charge on any atom is 0.264 e. The van der Waals surface area contributed by atoms with Crippen molar-refractivity contribution in [3.63, 3.8) is 0 Å². The molecule has 0 atom stereocenters. The monoisotopic (exact) mass is 343 g/mol. The van der Waals surface area contributed by atoms with Crippen LogP contribution < -0.4 is 9.04 Å². The van der Waals surface area contributed by atoms with Gasteiger partial charge in [0, 0.05) is 5.56 Å². The molecule has 0 saturated heterocycles. The Morgan fingerprint density at radius 2 is 1.75 bits per heavy atom. The highest BCUT2D eigenvalue weighted by Crippen LogP contribution is 2.37. The van der Waals surface area contributed by atoms with E-state index in [9.17, 15) is 13.2 Å². The van der Waals surface area contributed by atoms with Crippen molar-refractivity contribution < 1.29 is 17.9 Å². The molecule has 0 aromatic heterocycles. The zero-order chi connectivity index (χ0) is 17.3. The van der Waals surface area contributed by atoms with Crippen molar-refractivity contribution in [2.45, 2.75) is 11.8 Å². The summed E-state index contributed by atoms with van der Waals surface area (Å²) in [5, 5.41) is 0. The molecule has 0 saturated carbocycles. The Hall–Kier alpha value is -2.60. The minimum Gasteiger partial charge on any atom is -0.495 e. The van der Waals surface area contributed by atoms with Crippen molar-refractivity contribution in [2.24, 2.45) is 0 Å². The van der Waals surface area contributed by atoms with Gasteiger partial charge in [0.2, 0.25) is 0 Å². The average molecular weight is 343 g/mol. The lowest BCUT2D eigenvalue weighted by molar-refractivity contribution is -0.113. The highest BCUT2D eigenvalue weighted by atomic mass is 32.2. The first-order valence-electron chi connectivity index (χ1n) is 7.41. The van der Waals surface area contributed by atoms with Crippen LogP contribution in [0, 0.1) is 6.92 Å². The number of sulfonamides is 1. The molecule has 0 unspecified atom stereocenters. The third-order valence-electron chi connectivity index (χ3n) is 3.86. The SMILES string of the molecule is COc1cccc2c1N(S(=O)(=O)c1ccc(C)cc1)CC(=O)C=C2. The fourth-order valence-corrected chi connectivity index (χ4v) is 4.07. The van der Waals surface area contributed by atoms with Crippen molar-refractivity contribution in [1.29, 1.82) is 0 Å². The van der Waals surface area contributed by atoms with Crippen LogP contribution in [0.2, 0.25) is 0 Å². The van der Waals surface area contributed by atoms with Gasteiger partial charge in [-0.15, -0.1) is 0 Å². The van der Waals surface area contributed by atoms with Crippen LogP contribution in [0.5, 0.6) is 5.75 Å². The van der Waals surface area contributed by atoms with Gasteiger partial charge in [-0.25, -0.2) is 8.42 Å². The highest BCUT2D eigenvalue weighted by Gasteiger charge is 2.31. The Kier molecular flexibility index (Phi) is 4.15. The Morgan fingerprint density at radius 3 is 2.42 bits per heavy atom. The molecule has 0 fully saturated rings. The number of ether oxygens (including phenoxy) is 1. The first-order chi connectivity index (χ1) is 11.4. The van der Waals surface area contributed by atoms with Gasteiger partial charge in [-0.2, -0.15) is 0 Å². The van der Waals surface area contributed by atoms with Gasteiger partial charge >= 0.3 is 0 Å². The molecule has 0 aliphatic carbocycles. The third kappa shape index (κ3) is 2.80. The van der Waals surface area contributed by atoms with Gasteiger partial charge in [0.1, 0.15) is 11.4 Å². The number of carbonyl (C=O) groups excluding carboxylic acids is 1. The first kappa shape index (κ1) is 16.3. The van der Waals surface area contributed by atoms with Crippen molar-refractivity contribution in [2.75, 3.05) is 18.0 Å². The lowest BCUT2D eigenvalue weighted by Gasteiger charge is -2.25. The number of methoxy groups -OCH3 is 1. The lowest BCUT2D eigenvalue weighted by Crippen LogP contribution is -2.35. The molecular weight excluding hydrogens is 326 g/mol. The summed E-state index contributed by atoms with van der Waals surface area (Å²) in [5.41, 5.74) is 1.96. The van der Waals surface area contributed by atoms with Crippen LogP contribution in [0.4, 0.5) is 5.69 Å². The molecule has 0 radical (unpaired) electrons. The number of hydrogen-bond acceptors (Lipinski definition) is 4. The molecule has 6 heteroatoms. The topological polar surface area (TPSA) is 63.7 Å². The smallest absolute Gasteiger partial charge is 0.264 e. The maximum atomic E-state index is 13.1. The average Bonchev–Trinajstić information content (AvgIpc) is 2.75. The van der Waals surface area contributed by atoms with Gasteiger partial charge in [-0.3, -0.25) is 9.10 Å². The Balaban J connectivity index is 2.21.